The van der Waals surface area contributed by atoms with Crippen molar-refractivity contribution in [2.45, 2.75) is 45.8 Å². The van der Waals surface area contributed by atoms with E-state index in [-0.39, 0.29) is 5.97 Å². The zero-order chi connectivity index (χ0) is 30.8. The maximum Gasteiger partial charge on any atom is 0.306 e. The molecule has 0 unspecified atom stereocenters. The van der Waals surface area contributed by atoms with Gasteiger partial charge in [-0.2, -0.15) is 10.2 Å². The van der Waals surface area contributed by atoms with E-state index in [2.05, 4.69) is 15.5 Å². The molecule has 9 nitrogen and oxygen atoms in total. The molecule has 43 heavy (non-hydrogen) atoms. The summed E-state index contributed by atoms with van der Waals surface area (Å²) in [6, 6.07) is 17.2. The van der Waals surface area contributed by atoms with Crippen molar-refractivity contribution >= 4 is 34.2 Å². The molecule has 10 heteroatoms. The van der Waals surface area contributed by atoms with Crippen LogP contribution in [0.2, 0.25) is 5.02 Å². The second kappa shape index (κ2) is 14.9. The smallest absolute Gasteiger partial charge is 0.306 e. The molecule has 0 atom stereocenters. The standard InChI is InChI=1S/C33H38ClN3O6/c1-33(2,3)43-32(38)7-6-14-41-15-16-42-30-13-10-24(34)18-27(30)22-9-12-26-28(17-22)37-36-21-29(26)35-20-23-8-11-25(39-4)19-31(23)40-5/h8-13,17-19,21H,6-7,14-16,20H2,1-5H3,(H,35,37). The molecule has 0 aliphatic carbocycles. The van der Waals surface area contributed by atoms with Crippen molar-refractivity contribution in [1.82, 2.24) is 10.2 Å². The quantitative estimate of drug-likeness (QED) is 0.119. The van der Waals surface area contributed by atoms with E-state index < -0.39 is 5.60 Å². The minimum atomic E-state index is -0.481. The number of esters is 1. The van der Waals surface area contributed by atoms with Crippen LogP contribution in [0.5, 0.6) is 17.2 Å². The third-order valence-electron chi connectivity index (χ3n) is 6.43. The molecule has 1 heterocycles. The third kappa shape index (κ3) is 9.20. The van der Waals surface area contributed by atoms with E-state index in [0.29, 0.717) is 50.0 Å². The van der Waals surface area contributed by atoms with Crippen molar-refractivity contribution in [3.63, 3.8) is 0 Å². The number of nitrogens with one attached hydrogen (secondary N) is 1. The fourth-order valence-electron chi connectivity index (χ4n) is 4.43. The molecule has 0 saturated heterocycles. The highest BCUT2D eigenvalue weighted by molar-refractivity contribution is 6.31. The van der Waals surface area contributed by atoms with Crippen molar-refractivity contribution in [2.75, 3.05) is 39.4 Å². The Morgan fingerprint density at radius 1 is 0.930 bits per heavy atom. The molecule has 0 spiro atoms. The van der Waals surface area contributed by atoms with E-state index >= 15 is 0 Å². The molecule has 0 radical (unpaired) electrons. The Bertz CT molecular complexity index is 1540. The lowest BCUT2D eigenvalue weighted by Gasteiger charge is -2.19. The predicted molar refractivity (Wildman–Crippen MR) is 168 cm³/mol. The third-order valence-corrected chi connectivity index (χ3v) is 6.67. The monoisotopic (exact) mass is 607 g/mol. The van der Waals surface area contributed by atoms with Crippen molar-refractivity contribution in [3.05, 3.63) is 71.4 Å². The Kier molecular flexibility index (Phi) is 11.0. The number of anilines is 1. The number of ether oxygens (including phenoxy) is 5. The lowest BCUT2D eigenvalue weighted by molar-refractivity contribution is -0.155. The molecule has 1 N–H and O–H groups in total. The van der Waals surface area contributed by atoms with Gasteiger partial charge in [0.15, 0.2) is 0 Å². The Labute approximate surface area is 257 Å². The number of carbonyl (C=O) groups excluding carboxylic acids is 1. The van der Waals surface area contributed by atoms with Gasteiger partial charge in [-0.15, -0.1) is 0 Å². The first-order valence-electron chi connectivity index (χ1n) is 14.1. The summed E-state index contributed by atoms with van der Waals surface area (Å²) >= 11 is 6.36. The van der Waals surface area contributed by atoms with Crippen LogP contribution in [-0.2, 0) is 20.8 Å². The molecule has 228 valence electrons. The summed E-state index contributed by atoms with van der Waals surface area (Å²) in [6.07, 6.45) is 2.61. The molecule has 3 aromatic carbocycles. The maximum absolute atomic E-state index is 11.8. The van der Waals surface area contributed by atoms with Crippen LogP contribution in [0, 0.1) is 0 Å². The summed E-state index contributed by atoms with van der Waals surface area (Å²) < 4.78 is 27.9. The van der Waals surface area contributed by atoms with Gasteiger partial charge in [0.2, 0.25) is 0 Å². The first-order chi connectivity index (χ1) is 20.7. The van der Waals surface area contributed by atoms with E-state index in [1.54, 1.807) is 26.5 Å². The van der Waals surface area contributed by atoms with Gasteiger partial charge >= 0.3 is 5.97 Å². The largest absolute Gasteiger partial charge is 0.497 e. The van der Waals surface area contributed by atoms with E-state index in [4.69, 9.17) is 35.3 Å². The predicted octanol–water partition coefficient (Wildman–Crippen LogP) is 7.10. The zero-order valence-corrected chi connectivity index (χ0v) is 26.0. The van der Waals surface area contributed by atoms with E-state index in [1.807, 2.05) is 69.3 Å². The minimum absolute atomic E-state index is 0.224. The SMILES string of the molecule is COc1ccc(CNc2cnnc3cc(-c4cc(Cl)ccc4OCCOCCCC(=O)OC(C)(C)C)ccc23)c(OC)c1. The highest BCUT2D eigenvalue weighted by Crippen LogP contribution is 2.35. The van der Waals surface area contributed by atoms with Gasteiger partial charge in [-0.1, -0.05) is 17.7 Å². The fourth-order valence-corrected chi connectivity index (χ4v) is 4.61. The lowest BCUT2D eigenvalue weighted by atomic mass is 10.0. The molecule has 1 aromatic heterocycles. The average molecular weight is 608 g/mol. The summed E-state index contributed by atoms with van der Waals surface area (Å²) in [5, 5.41) is 13.6. The minimum Gasteiger partial charge on any atom is -0.497 e. The number of halogens is 1. The Hall–Kier alpha value is -4.08. The molecular formula is C33H38ClN3O6. The fraction of sp³-hybridized carbons (Fsp3) is 0.364. The molecular weight excluding hydrogens is 570 g/mol. The first-order valence-corrected chi connectivity index (χ1v) is 14.5. The number of carbonyl (C=O) groups is 1. The van der Waals surface area contributed by atoms with Crippen LogP contribution in [0.1, 0.15) is 39.2 Å². The van der Waals surface area contributed by atoms with E-state index in [1.165, 1.54) is 0 Å². The topological polar surface area (TPSA) is 101 Å². The van der Waals surface area contributed by atoms with Gasteiger partial charge in [0, 0.05) is 47.2 Å². The van der Waals surface area contributed by atoms with Crippen molar-refractivity contribution in [1.29, 1.82) is 0 Å². The number of methoxy groups -OCH3 is 2. The van der Waals surface area contributed by atoms with Gasteiger partial charge in [0.05, 0.1) is 38.2 Å². The van der Waals surface area contributed by atoms with Crippen LogP contribution in [0.25, 0.3) is 22.0 Å². The van der Waals surface area contributed by atoms with Crippen LogP contribution in [0.15, 0.2) is 60.8 Å². The zero-order valence-electron chi connectivity index (χ0n) is 25.2. The molecule has 0 saturated carbocycles. The summed E-state index contributed by atoms with van der Waals surface area (Å²) in [4.78, 5) is 11.8. The first kappa shape index (κ1) is 31.8. The van der Waals surface area contributed by atoms with Crippen LogP contribution >= 0.6 is 11.6 Å². The van der Waals surface area contributed by atoms with Crippen molar-refractivity contribution < 1.29 is 28.5 Å². The number of fused-ring (bicyclic) bond motifs is 1. The molecule has 0 aliphatic rings. The number of aromatic nitrogens is 2. The van der Waals surface area contributed by atoms with Crippen LogP contribution < -0.4 is 19.5 Å². The molecule has 4 rings (SSSR count). The Morgan fingerprint density at radius 2 is 1.77 bits per heavy atom. The highest BCUT2D eigenvalue weighted by Gasteiger charge is 2.16. The van der Waals surface area contributed by atoms with Crippen molar-refractivity contribution in [3.8, 4) is 28.4 Å². The number of hydrogen-bond acceptors (Lipinski definition) is 9. The number of rotatable bonds is 14. The second-order valence-corrected chi connectivity index (χ2v) is 11.2. The van der Waals surface area contributed by atoms with Crippen LogP contribution in [0.4, 0.5) is 5.69 Å². The molecule has 4 aromatic rings. The summed E-state index contributed by atoms with van der Waals surface area (Å²) in [7, 11) is 3.26. The Balaban J connectivity index is 1.39. The van der Waals surface area contributed by atoms with Gasteiger partial charge in [0.25, 0.3) is 0 Å². The van der Waals surface area contributed by atoms with Gasteiger partial charge in [-0.25, -0.2) is 0 Å². The summed E-state index contributed by atoms with van der Waals surface area (Å²) in [5.41, 5.74) is 3.81. The summed E-state index contributed by atoms with van der Waals surface area (Å²) in [6.45, 7) is 7.27. The number of hydrogen-bond donors (Lipinski definition) is 1. The van der Waals surface area contributed by atoms with E-state index in [0.717, 1.165) is 44.8 Å². The van der Waals surface area contributed by atoms with Crippen LogP contribution in [0.3, 0.4) is 0 Å². The average Bonchev–Trinajstić information content (AvgIpc) is 2.98. The summed E-state index contributed by atoms with van der Waals surface area (Å²) in [5.74, 6) is 1.92. The number of nitrogens with zero attached hydrogens (tertiary/aromatic N) is 2. The van der Waals surface area contributed by atoms with Gasteiger partial charge in [0.1, 0.15) is 29.5 Å². The normalized spacial score (nSPS) is 11.3. The van der Waals surface area contributed by atoms with Gasteiger partial charge < -0.3 is 29.0 Å². The van der Waals surface area contributed by atoms with Crippen LogP contribution in [-0.4, -0.2) is 55.8 Å². The van der Waals surface area contributed by atoms with Gasteiger partial charge in [-0.05, 0) is 75.2 Å². The molecule has 0 bridgehead atoms. The molecule has 0 aliphatic heterocycles. The number of benzene rings is 3. The second-order valence-electron chi connectivity index (χ2n) is 10.8. The molecule has 0 amide bonds. The molecule has 0 fully saturated rings. The lowest BCUT2D eigenvalue weighted by Crippen LogP contribution is -2.23. The maximum atomic E-state index is 11.8. The highest BCUT2D eigenvalue weighted by atomic mass is 35.5. The van der Waals surface area contributed by atoms with Crippen molar-refractivity contribution in [2.24, 2.45) is 0 Å². The van der Waals surface area contributed by atoms with E-state index in [9.17, 15) is 4.79 Å². The Morgan fingerprint density at radius 3 is 2.53 bits per heavy atom. The van der Waals surface area contributed by atoms with Gasteiger partial charge in [-0.3, -0.25) is 4.79 Å².